The van der Waals surface area contributed by atoms with Crippen molar-refractivity contribution in [2.24, 2.45) is 0 Å². The van der Waals surface area contributed by atoms with Gasteiger partial charge in [0.15, 0.2) is 0 Å². The maximum absolute atomic E-state index is 12.5. The molecule has 0 N–H and O–H groups in total. The van der Waals surface area contributed by atoms with E-state index in [0.717, 1.165) is 49.9 Å². The van der Waals surface area contributed by atoms with Gasteiger partial charge in [-0.25, -0.2) is 36.0 Å². The maximum atomic E-state index is 12.5. The van der Waals surface area contributed by atoms with Gasteiger partial charge in [0.25, 0.3) is 0 Å². The molecule has 57 heavy (non-hydrogen) atoms. The average molecular weight is 867 g/mol. The molecule has 2 aromatic rings. The van der Waals surface area contributed by atoms with Crippen molar-refractivity contribution in [2.75, 3.05) is 0 Å². The van der Waals surface area contributed by atoms with Crippen LogP contribution in [-0.4, -0.2) is 112 Å². The molecule has 0 saturated carbocycles. The smallest absolute Gasteiger partial charge is 0.744 e. The molecule has 0 aliphatic rings. The standard InChI is InChI=1S/2C20H30O7S.Ca/c2*1-5-9-16(7-3)26-19(21)14-11-15(13-18(12-14)28(23,24)25)20(22)27-17(8-4)10-6-2;/h2*11-13,16-17H,5-10H2,1-4H3,(H,23,24,25);/q;;+2/p-2. The summed E-state index contributed by atoms with van der Waals surface area (Å²) in [5.41, 5.74) is -0.659. The first-order valence-corrected chi connectivity index (χ1v) is 22.2. The summed E-state index contributed by atoms with van der Waals surface area (Å²) in [4.78, 5) is 48.5. The fraction of sp³-hybridized carbons (Fsp3) is 0.600. The Kier molecular flexibility index (Phi) is 26.0. The summed E-state index contributed by atoms with van der Waals surface area (Å²) in [6.45, 7) is 15.3. The van der Waals surface area contributed by atoms with Gasteiger partial charge >= 0.3 is 61.6 Å². The zero-order chi connectivity index (χ0) is 42.6. The van der Waals surface area contributed by atoms with Crippen LogP contribution in [0.25, 0.3) is 0 Å². The van der Waals surface area contributed by atoms with Crippen LogP contribution in [0.5, 0.6) is 0 Å². The van der Waals surface area contributed by atoms with E-state index < -0.39 is 53.9 Å². The summed E-state index contributed by atoms with van der Waals surface area (Å²) in [5.74, 6) is -3.11. The minimum Gasteiger partial charge on any atom is -0.744 e. The van der Waals surface area contributed by atoms with Gasteiger partial charge in [-0.3, -0.25) is 0 Å². The van der Waals surface area contributed by atoms with Crippen molar-refractivity contribution in [2.45, 2.75) is 167 Å². The molecule has 0 bridgehead atoms. The van der Waals surface area contributed by atoms with Gasteiger partial charge in [-0.15, -0.1) is 0 Å². The minimum absolute atomic E-state index is 0. The molecule has 0 aromatic heterocycles. The van der Waals surface area contributed by atoms with E-state index in [2.05, 4.69) is 0 Å². The van der Waals surface area contributed by atoms with E-state index in [4.69, 9.17) is 18.9 Å². The van der Waals surface area contributed by atoms with Gasteiger partial charge in [0.1, 0.15) is 44.7 Å². The fourth-order valence-corrected chi connectivity index (χ4v) is 6.59. The predicted octanol–water partition coefficient (Wildman–Crippen LogP) is 7.74. The summed E-state index contributed by atoms with van der Waals surface area (Å²) in [6.07, 6.45) is 6.99. The summed E-state index contributed by atoms with van der Waals surface area (Å²) in [7, 11) is -9.74. The summed E-state index contributed by atoms with van der Waals surface area (Å²) in [5, 5.41) is 0. The first-order chi connectivity index (χ1) is 26.3. The Hall–Kier alpha value is -2.60. The Balaban J connectivity index is 0.00000108. The summed E-state index contributed by atoms with van der Waals surface area (Å²) in [6, 6.07) is 6.15. The third-order valence-corrected chi connectivity index (χ3v) is 10.3. The molecule has 4 atom stereocenters. The van der Waals surface area contributed by atoms with Crippen molar-refractivity contribution in [3.8, 4) is 0 Å². The number of benzene rings is 2. The van der Waals surface area contributed by atoms with E-state index >= 15 is 0 Å². The molecule has 17 heteroatoms. The average Bonchev–Trinajstić information content (AvgIpc) is 3.15. The van der Waals surface area contributed by atoms with Crippen molar-refractivity contribution in [1.82, 2.24) is 0 Å². The molecule has 0 amide bonds. The maximum Gasteiger partial charge on any atom is 2.00 e. The first-order valence-electron chi connectivity index (χ1n) is 19.4. The Morgan fingerprint density at radius 1 is 0.439 bits per heavy atom. The fourth-order valence-electron chi connectivity index (χ4n) is 5.51. The second kappa shape index (κ2) is 27.2. The van der Waals surface area contributed by atoms with Gasteiger partial charge in [0.2, 0.25) is 0 Å². The van der Waals surface area contributed by atoms with E-state index in [0.29, 0.717) is 51.4 Å². The van der Waals surface area contributed by atoms with Crippen LogP contribution < -0.4 is 0 Å². The van der Waals surface area contributed by atoms with E-state index in [-0.39, 0.29) is 84.4 Å². The molecular weight excluding hydrogens is 809 g/mol. The topological polar surface area (TPSA) is 220 Å². The number of ether oxygens (including phenoxy) is 4. The molecule has 4 unspecified atom stereocenters. The van der Waals surface area contributed by atoms with Gasteiger partial charge in [-0.1, -0.05) is 81.1 Å². The molecule has 0 saturated heterocycles. The van der Waals surface area contributed by atoms with Gasteiger partial charge < -0.3 is 28.1 Å². The number of carbonyl (C=O) groups excluding carboxylic acids is 4. The van der Waals surface area contributed by atoms with Crippen molar-refractivity contribution < 1.29 is 64.1 Å². The van der Waals surface area contributed by atoms with Crippen LogP contribution in [0.2, 0.25) is 0 Å². The Bertz CT molecular complexity index is 1590. The van der Waals surface area contributed by atoms with Crippen molar-refractivity contribution in [1.29, 1.82) is 0 Å². The molecule has 0 radical (unpaired) electrons. The molecule has 0 aliphatic carbocycles. The first kappa shape index (κ1) is 54.4. The molecule has 0 heterocycles. The van der Waals surface area contributed by atoms with Crippen LogP contribution in [0.3, 0.4) is 0 Å². The van der Waals surface area contributed by atoms with E-state index in [9.17, 15) is 45.1 Å². The number of rotatable bonds is 22. The van der Waals surface area contributed by atoms with Crippen molar-refractivity contribution in [3.05, 3.63) is 58.7 Å². The Morgan fingerprint density at radius 2 is 0.632 bits per heavy atom. The molecule has 0 spiro atoms. The quantitative estimate of drug-likeness (QED) is 0.0478. The molecule has 2 rings (SSSR count). The zero-order valence-electron chi connectivity index (χ0n) is 34.5. The van der Waals surface area contributed by atoms with Crippen LogP contribution in [-0.2, 0) is 39.2 Å². The van der Waals surface area contributed by atoms with Crippen LogP contribution >= 0.6 is 0 Å². The molecule has 0 aliphatic heterocycles. The number of hydrogen-bond donors (Lipinski definition) is 0. The van der Waals surface area contributed by atoms with Crippen LogP contribution in [0.1, 0.15) is 174 Å². The van der Waals surface area contributed by atoms with E-state index in [1.54, 1.807) is 0 Å². The zero-order valence-corrected chi connectivity index (χ0v) is 38.3. The molecule has 14 nitrogen and oxygen atoms in total. The van der Waals surface area contributed by atoms with Gasteiger partial charge in [0, 0.05) is 0 Å². The van der Waals surface area contributed by atoms with Gasteiger partial charge in [-0.2, -0.15) is 0 Å². The molecule has 0 fully saturated rings. The summed E-state index contributed by atoms with van der Waals surface area (Å²) >= 11 is 0. The van der Waals surface area contributed by atoms with E-state index in [1.807, 2.05) is 55.4 Å². The predicted molar refractivity (Wildman–Crippen MR) is 212 cm³/mol. The van der Waals surface area contributed by atoms with Crippen LogP contribution in [0.15, 0.2) is 46.2 Å². The largest absolute Gasteiger partial charge is 2.00 e. The van der Waals surface area contributed by atoms with Gasteiger partial charge in [0.05, 0.1) is 32.0 Å². The normalized spacial score (nSPS) is 13.4. The third-order valence-electron chi connectivity index (χ3n) is 8.69. The second-order valence-corrected chi connectivity index (χ2v) is 16.1. The van der Waals surface area contributed by atoms with Gasteiger partial charge in [-0.05, 0) is 87.8 Å². The Labute approximate surface area is 368 Å². The molecule has 316 valence electrons. The SMILES string of the molecule is CCCC(CC)OC(=O)c1cc(C(=O)OC(CC)CCC)cc(S(=O)(=O)[O-])c1.CCCC(CC)OC(=O)c1cc(C(=O)OC(CC)CCC)cc(S(=O)(=O)[O-])c1.[Ca+2]. The van der Waals surface area contributed by atoms with Crippen molar-refractivity contribution in [3.63, 3.8) is 0 Å². The van der Waals surface area contributed by atoms with E-state index in [1.165, 1.54) is 12.1 Å². The van der Waals surface area contributed by atoms with Crippen LogP contribution in [0.4, 0.5) is 0 Å². The Morgan fingerprint density at radius 3 is 0.772 bits per heavy atom. The molecule has 2 aromatic carbocycles. The van der Waals surface area contributed by atoms with Crippen molar-refractivity contribution >= 4 is 81.9 Å². The minimum atomic E-state index is -4.87. The third kappa shape index (κ3) is 19.3. The van der Waals surface area contributed by atoms with Crippen LogP contribution in [0, 0.1) is 0 Å². The number of carbonyl (C=O) groups is 4. The monoisotopic (exact) mass is 866 g/mol. The number of esters is 4. The number of hydrogen-bond acceptors (Lipinski definition) is 14. The summed E-state index contributed by atoms with van der Waals surface area (Å²) < 4.78 is 90.4. The second-order valence-electron chi connectivity index (χ2n) is 13.3. The molecular formula is C40H58CaO14S2.